The van der Waals surface area contributed by atoms with Crippen LogP contribution in [-0.4, -0.2) is 40.6 Å². The van der Waals surface area contributed by atoms with Crippen molar-refractivity contribution < 1.29 is 19.2 Å². The number of amides is 4. The lowest BCUT2D eigenvalue weighted by Crippen LogP contribution is -2.54. The number of benzene rings is 1. The Labute approximate surface area is 169 Å². The summed E-state index contributed by atoms with van der Waals surface area (Å²) in [7, 11) is 0. The Morgan fingerprint density at radius 2 is 1.97 bits per heavy atom. The van der Waals surface area contributed by atoms with E-state index in [4.69, 9.17) is 5.73 Å². The Bertz CT molecular complexity index is 929. The Morgan fingerprint density at radius 1 is 1.24 bits per heavy atom. The lowest BCUT2D eigenvalue weighted by molar-refractivity contribution is -0.145. The minimum absolute atomic E-state index is 0.119. The van der Waals surface area contributed by atoms with E-state index in [-0.39, 0.29) is 30.2 Å². The fourth-order valence-corrected chi connectivity index (χ4v) is 5.22. The molecule has 2 saturated heterocycles. The van der Waals surface area contributed by atoms with Gasteiger partial charge in [-0.1, -0.05) is 32.0 Å². The van der Waals surface area contributed by atoms with Gasteiger partial charge in [0, 0.05) is 29.8 Å². The van der Waals surface area contributed by atoms with Gasteiger partial charge in [-0.2, -0.15) is 0 Å². The Hall–Kier alpha value is -2.74. The maximum atomic E-state index is 13.5. The average Bonchev–Trinajstić information content (AvgIpc) is 3.25. The van der Waals surface area contributed by atoms with E-state index < -0.39 is 29.3 Å². The average molecular weight is 398 g/mol. The number of likely N-dealkylation sites (tertiary alicyclic amines) is 1. The van der Waals surface area contributed by atoms with Crippen molar-refractivity contribution in [3.05, 3.63) is 29.3 Å². The molecule has 154 valence electrons. The Kier molecular flexibility index (Phi) is 4.49. The molecule has 1 spiro atoms. The van der Waals surface area contributed by atoms with Crippen LogP contribution < -0.4 is 16.4 Å². The molecule has 3 aliphatic heterocycles. The van der Waals surface area contributed by atoms with Crippen molar-refractivity contribution in [1.82, 2.24) is 10.2 Å². The van der Waals surface area contributed by atoms with Gasteiger partial charge in [0.05, 0.1) is 11.8 Å². The summed E-state index contributed by atoms with van der Waals surface area (Å²) in [6.45, 7) is 5.71. The lowest BCUT2D eigenvalue weighted by atomic mass is 9.76. The first-order valence-electron chi connectivity index (χ1n) is 10.1. The first-order valence-corrected chi connectivity index (χ1v) is 10.1. The van der Waals surface area contributed by atoms with E-state index in [2.05, 4.69) is 10.6 Å². The smallest absolute Gasteiger partial charge is 0.250 e. The Balaban J connectivity index is 1.90. The van der Waals surface area contributed by atoms with Crippen LogP contribution in [0.2, 0.25) is 0 Å². The van der Waals surface area contributed by atoms with E-state index in [1.165, 1.54) is 4.90 Å². The summed E-state index contributed by atoms with van der Waals surface area (Å²) in [6.07, 6.45) is 1.21. The lowest BCUT2D eigenvalue weighted by Gasteiger charge is -2.31. The van der Waals surface area contributed by atoms with Gasteiger partial charge < -0.3 is 11.1 Å². The van der Waals surface area contributed by atoms with Crippen LogP contribution in [0.25, 0.3) is 0 Å². The van der Waals surface area contributed by atoms with Gasteiger partial charge in [0.2, 0.25) is 23.6 Å². The molecule has 0 radical (unpaired) electrons. The molecule has 4 N–H and O–H groups in total. The molecule has 0 aliphatic carbocycles. The molecule has 5 atom stereocenters. The van der Waals surface area contributed by atoms with Crippen LogP contribution in [0.1, 0.15) is 44.7 Å². The summed E-state index contributed by atoms with van der Waals surface area (Å²) in [5.41, 5.74) is 6.36. The molecule has 8 heteroatoms. The maximum Gasteiger partial charge on any atom is 0.250 e. The number of nitrogens with two attached hydrogens (primary N) is 1. The molecule has 2 fully saturated rings. The zero-order chi connectivity index (χ0) is 21.1. The fourth-order valence-electron chi connectivity index (χ4n) is 5.22. The molecule has 5 unspecified atom stereocenters. The second kappa shape index (κ2) is 6.66. The summed E-state index contributed by atoms with van der Waals surface area (Å²) in [5.74, 6) is -3.34. The topological polar surface area (TPSA) is 122 Å². The number of fused-ring (bicyclic) bond motifs is 4. The minimum Gasteiger partial charge on any atom is -0.370 e. The molecule has 4 rings (SSSR count). The van der Waals surface area contributed by atoms with Crippen LogP contribution in [0.3, 0.4) is 0 Å². The van der Waals surface area contributed by atoms with Gasteiger partial charge >= 0.3 is 0 Å². The molecule has 8 nitrogen and oxygen atoms in total. The van der Waals surface area contributed by atoms with Crippen LogP contribution in [0.4, 0.5) is 5.69 Å². The fraction of sp³-hybridized carbons (Fsp3) is 0.524. The number of hydrogen-bond donors (Lipinski definition) is 3. The third-order valence-corrected chi connectivity index (χ3v) is 6.70. The number of carbonyl (C=O) groups is 4. The number of hydrogen-bond acceptors (Lipinski definition) is 5. The molecule has 3 heterocycles. The van der Waals surface area contributed by atoms with Gasteiger partial charge in [-0.25, -0.2) is 0 Å². The number of primary amides is 1. The van der Waals surface area contributed by atoms with Crippen LogP contribution in [-0.2, 0) is 31.1 Å². The van der Waals surface area contributed by atoms with Gasteiger partial charge in [0.15, 0.2) is 0 Å². The number of anilines is 1. The highest BCUT2D eigenvalue weighted by Gasteiger charge is 2.70. The molecule has 4 amide bonds. The van der Waals surface area contributed by atoms with E-state index >= 15 is 0 Å². The van der Waals surface area contributed by atoms with Crippen LogP contribution >= 0.6 is 0 Å². The molecular formula is C21H26N4O4. The van der Waals surface area contributed by atoms with E-state index in [0.29, 0.717) is 24.1 Å². The summed E-state index contributed by atoms with van der Waals surface area (Å²) < 4.78 is 0. The van der Waals surface area contributed by atoms with Gasteiger partial charge in [-0.15, -0.1) is 0 Å². The molecule has 0 bridgehead atoms. The third kappa shape index (κ3) is 2.48. The van der Waals surface area contributed by atoms with Crippen molar-refractivity contribution in [2.24, 2.45) is 17.6 Å². The van der Waals surface area contributed by atoms with Crippen molar-refractivity contribution in [2.45, 2.75) is 57.7 Å². The van der Waals surface area contributed by atoms with Crippen molar-refractivity contribution in [3.63, 3.8) is 0 Å². The number of imide groups is 1. The molecular weight excluding hydrogens is 372 g/mol. The van der Waals surface area contributed by atoms with Crippen LogP contribution in [0, 0.1) is 11.8 Å². The van der Waals surface area contributed by atoms with E-state index in [0.717, 1.165) is 5.56 Å². The highest BCUT2D eigenvalue weighted by Crippen LogP contribution is 2.54. The minimum atomic E-state index is -1.37. The monoisotopic (exact) mass is 398 g/mol. The first kappa shape index (κ1) is 19.6. The predicted octanol–water partition coefficient (Wildman–Crippen LogP) is 0.643. The first-order chi connectivity index (χ1) is 13.8. The molecule has 29 heavy (non-hydrogen) atoms. The Morgan fingerprint density at radius 3 is 2.59 bits per heavy atom. The normalized spacial score (nSPS) is 31.2. The number of nitrogens with zero attached hydrogens (tertiary/aromatic N) is 1. The predicted molar refractivity (Wildman–Crippen MR) is 105 cm³/mol. The number of rotatable bonds is 5. The van der Waals surface area contributed by atoms with Gasteiger partial charge in [-0.05, 0) is 25.3 Å². The molecule has 0 aromatic heterocycles. The van der Waals surface area contributed by atoms with Gasteiger partial charge in [-0.3, -0.25) is 29.4 Å². The van der Waals surface area contributed by atoms with E-state index in [1.54, 1.807) is 0 Å². The molecule has 1 aromatic rings. The largest absolute Gasteiger partial charge is 0.370 e. The van der Waals surface area contributed by atoms with Crippen molar-refractivity contribution in [3.8, 4) is 0 Å². The summed E-state index contributed by atoms with van der Waals surface area (Å²) in [4.78, 5) is 53.0. The molecule has 3 aliphatic rings. The zero-order valence-corrected chi connectivity index (χ0v) is 16.8. The molecule has 1 aromatic carbocycles. The number of carbonyl (C=O) groups excluding carboxylic acids is 4. The van der Waals surface area contributed by atoms with Crippen LogP contribution in [0.5, 0.6) is 0 Å². The summed E-state index contributed by atoms with van der Waals surface area (Å²) in [5, 5.41) is 6.14. The SMILES string of the molecule is CCc1cccc2c1NC(=O)C21NC(CC(N)=O)C2C(=O)N(C(C)CC)C(=O)C21. The quantitative estimate of drug-likeness (QED) is 0.629. The van der Waals surface area contributed by atoms with E-state index in [1.807, 2.05) is 39.0 Å². The number of aryl methyl sites for hydroxylation is 1. The zero-order valence-electron chi connectivity index (χ0n) is 16.8. The summed E-state index contributed by atoms with van der Waals surface area (Å²) in [6, 6.07) is 4.64. The highest BCUT2D eigenvalue weighted by atomic mass is 16.2. The van der Waals surface area contributed by atoms with Crippen molar-refractivity contribution in [2.75, 3.05) is 5.32 Å². The second-order valence-corrected chi connectivity index (χ2v) is 8.18. The molecule has 0 saturated carbocycles. The van der Waals surface area contributed by atoms with Crippen molar-refractivity contribution >= 4 is 29.3 Å². The number of nitrogens with one attached hydrogen (secondary N) is 2. The van der Waals surface area contributed by atoms with Gasteiger partial charge in [0.25, 0.3) is 0 Å². The third-order valence-electron chi connectivity index (χ3n) is 6.70. The second-order valence-electron chi connectivity index (χ2n) is 8.18. The summed E-state index contributed by atoms with van der Waals surface area (Å²) >= 11 is 0. The standard InChI is InChI=1S/C21H26N4O4/c1-4-10(3)25-18(27)15-13(9-14(22)26)24-21(16(15)19(25)28)12-8-6-7-11(5-2)17(12)23-20(21)29/h6-8,10,13,15-16,24H,4-5,9H2,1-3H3,(H2,22,26)(H,23,29). The number of para-hydroxylation sites is 1. The van der Waals surface area contributed by atoms with Crippen LogP contribution in [0.15, 0.2) is 18.2 Å². The van der Waals surface area contributed by atoms with Crippen molar-refractivity contribution in [1.29, 1.82) is 0 Å². The van der Waals surface area contributed by atoms with Gasteiger partial charge in [0.1, 0.15) is 5.54 Å². The van der Waals surface area contributed by atoms with E-state index in [9.17, 15) is 19.2 Å². The highest BCUT2D eigenvalue weighted by molar-refractivity contribution is 6.15. The maximum absolute atomic E-state index is 13.5.